The molecule has 0 bridgehead atoms. The van der Waals surface area contributed by atoms with Gasteiger partial charge in [-0.3, -0.25) is 4.79 Å². The first-order chi connectivity index (χ1) is 4.83. The van der Waals surface area contributed by atoms with E-state index in [4.69, 9.17) is 5.73 Å². The lowest BCUT2D eigenvalue weighted by Gasteiger charge is -1.80. The summed E-state index contributed by atoms with van der Waals surface area (Å²) in [7, 11) is 0. The highest BCUT2D eigenvalue weighted by molar-refractivity contribution is 5.36. The fourth-order valence-corrected chi connectivity index (χ4v) is 0.272. The Morgan fingerprint density at radius 1 is 1.50 bits per heavy atom. The highest BCUT2D eigenvalue weighted by Crippen LogP contribution is 1.77. The van der Waals surface area contributed by atoms with Gasteiger partial charge in [-0.25, -0.2) is 0 Å². The fourth-order valence-electron chi connectivity index (χ4n) is 0.272. The molecule has 0 rings (SSSR count). The van der Waals surface area contributed by atoms with E-state index in [0.717, 1.165) is 6.54 Å². The van der Waals surface area contributed by atoms with Crippen molar-refractivity contribution < 1.29 is 9.53 Å². The van der Waals surface area contributed by atoms with E-state index in [-0.39, 0.29) is 0 Å². The summed E-state index contributed by atoms with van der Waals surface area (Å²) in [6.07, 6.45) is 2.39. The zero-order valence-corrected chi connectivity index (χ0v) is 6.80. The number of rotatable bonds is 4. The van der Waals surface area contributed by atoms with Crippen molar-refractivity contribution in [3.63, 3.8) is 0 Å². The molecule has 0 saturated heterocycles. The van der Waals surface area contributed by atoms with E-state index in [1.54, 1.807) is 6.92 Å². The summed E-state index contributed by atoms with van der Waals surface area (Å²) in [5.41, 5.74) is 5.14. The second-order valence-corrected chi connectivity index (χ2v) is 1.69. The predicted molar refractivity (Wildman–Crippen MR) is 41.7 cm³/mol. The minimum absolute atomic E-state index is 0.431. The van der Waals surface area contributed by atoms with E-state index in [0.29, 0.717) is 13.1 Å². The molecule has 0 heterocycles. The second-order valence-electron chi connectivity index (χ2n) is 1.69. The smallest absolute Gasteiger partial charge is 0.293 e. The highest BCUT2D eigenvalue weighted by Gasteiger charge is 1.68. The van der Waals surface area contributed by atoms with Crippen molar-refractivity contribution in [3.8, 4) is 0 Å². The van der Waals surface area contributed by atoms with Crippen LogP contribution in [0, 0.1) is 0 Å². The van der Waals surface area contributed by atoms with E-state index in [9.17, 15) is 4.79 Å². The van der Waals surface area contributed by atoms with Gasteiger partial charge in [0.1, 0.15) is 0 Å². The molecule has 0 aromatic carbocycles. The number of unbranched alkanes of at least 4 members (excludes halogenated alkanes) is 1. The van der Waals surface area contributed by atoms with Crippen LogP contribution in [0.4, 0.5) is 0 Å². The summed E-state index contributed by atoms with van der Waals surface area (Å²) in [5, 5.41) is 0. The first-order valence-electron chi connectivity index (χ1n) is 3.58. The molecular formula is C7H17NO2. The maximum absolute atomic E-state index is 9.18. The van der Waals surface area contributed by atoms with Crippen molar-refractivity contribution in [3.05, 3.63) is 0 Å². The van der Waals surface area contributed by atoms with Crippen molar-refractivity contribution >= 4 is 6.47 Å². The van der Waals surface area contributed by atoms with Crippen LogP contribution in [-0.2, 0) is 9.53 Å². The molecule has 0 amide bonds. The molecular weight excluding hydrogens is 130 g/mol. The number of nitrogens with two attached hydrogens (primary N) is 1. The summed E-state index contributed by atoms with van der Waals surface area (Å²) >= 11 is 0. The molecule has 0 atom stereocenters. The van der Waals surface area contributed by atoms with Crippen LogP contribution in [-0.4, -0.2) is 19.6 Å². The van der Waals surface area contributed by atoms with E-state index in [1.165, 1.54) is 12.8 Å². The van der Waals surface area contributed by atoms with Crippen LogP contribution in [0.25, 0.3) is 0 Å². The van der Waals surface area contributed by atoms with E-state index >= 15 is 0 Å². The van der Waals surface area contributed by atoms with Crippen LogP contribution in [0.3, 0.4) is 0 Å². The van der Waals surface area contributed by atoms with Crippen LogP contribution in [0.2, 0.25) is 0 Å². The number of hydrogen-bond acceptors (Lipinski definition) is 3. The Morgan fingerprint density at radius 3 is 2.10 bits per heavy atom. The molecule has 0 unspecified atom stereocenters. The first-order valence-corrected chi connectivity index (χ1v) is 3.58. The third-order valence-corrected chi connectivity index (χ3v) is 0.792. The van der Waals surface area contributed by atoms with Gasteiger partial charge in [0.25, 0.3) is 6.47 Å². The number of hydrogen-bond donors (Lipinski definition) is 1. The predicted octanol–water partition coefficient (Wildman–Crippen LogP) is 0.924. The summed E-state index contributed by atoms with van der Waals surface area (Å²) in [6.45, 7) is 5.64. The normalized spacial score (nSPS) is 7.50. The quantitative estimate of drug-likeness (QED) is 0.602. The van der Waals surface area contributed by atoms with Crippen molar-refractivity contribution in [2.75, 3.05) is 13.2 Å². The van der Waals surface area contributed by atoms with E-state index in [2.05, 4.69) is 11.7 Å². The van der Waals surface area contributed by atoms with Crippen molar-refractivity contribution in [1.82, 2.24) is 0 Å². The Hall–Kier alpha value is -0.570. The third kappa shape index (κ3) is 26.1. The maximum atomic E-state index is 9.18. The molecule has 0 aliphatic heterocycles. The van der Waals surface area contributed by atoms with Crippen LogP contribution in [0.15, 0.2) is 0 Å². The minimum Gasteiger partial charge on any atom is -0.468 e. The van der Waals surface area contributed by atoms with Gasteiger partial charge >= 0.3 is 0 Å². The average molecular weight is 147 g/mol. The number of ether oxygens (including phenoxy) is 1. The van der Waals surface area contributed by atoms with Crippen molar-refractivity contribution in [1.29, 1.82) is 0 Å². The van der Waals surface area contributed by atoms with E-state index < -0.39 is 0 Å². The lowest BCUT2D eigenvalue weighted by molar-refractivity contribution is -0.128. The zero-order valence-electron chi connectivity index (χ0n) is 6.80. The molecule has 2 N–H and O–H groups in total. The van der Waals surface area contributed by atoms with Crippen LogP contribution >= 0.6 is 0 Å². The topological polar surface area (TPSA) is 52.3 Å². The maximum Gasteiger partial charge on any atom is 0.293 e. The zero-order chi connectivity index (χ0) is 8.24. The van der Waals surface area contributed by atoms with E-state index in [1.807, 2.05) is 0 Å². The molecule has 0 aromatic rings. The molecule has 3 nitrogen and oxygen atoms in total. The molecule has 0 aromatic heterocycles. The SMILES string of the molecule is CCCCN.CCOC=O. The first kappa shape index (κ1) is 12.1. The monoisotopic (exact) mass is 147 g/mol. The van der Waals surface area contributed by atoms with Gasteiger partial charge in [0, 0.05) is 0 Å². The van der Waals surface area contributed by atoms with Crippen LogP contribution < -0.4 is 5.73 Å². The van der Waals surface area contributed by atoms with Gasteiger partial charge < -0.3 is 10.5 Å². The molecule has 0 aliphatic carbocycles. The van der Waals surface area contributed by atoms with Gasteiger partial charge in [0.2, 0.25) is 0 Å². The molecule has 0 saturated carbocycles. The summed E-state index contributed by atoms with van der Waals surface area (Å²) in [5.74, 6) is 0. The van der Waals surface area contributed by atoms with Gasteiger partial charge in [-0.1, -0.05) is 13.3 Å². The van der Waals surface area contributed by atoms with Crippen molar-refractivity contribution in [2.45, 2.75) is 26.7 Å². The Morgan fingerprint density at radius 2 is 2.10 bits per heavy atom. The van der Waals surface area contributed by atoms with Crippen molar-refractivity contribution in [2.24, 2.45) is 5.73 Å². The minimum atomic E-state index is 0.431. The Bertz CT molecular complexity index is 55.6. The molecule has 10 heavy (non-hydrogen) atoms. The Labute approximate surface area is 62.5 Å². The number of carbonyl (C=O) groups excluding carboxylic acids is 1. The fraction of sp³-hybridized carbons (Fsp3) is 0.857. The molecule has 0 fully saturated rings. The lowest BCUT2D eigenvalue weighted by Crippen LogP contribution is -1.95. The lowest BCUT2D eigenvalue weighted by atomic mass is 10.3. The summed E-state index contributed by atoms with van der Waals surface area (Å²) < 4.78 is 4.15. The van der Waals surface area contributed by atoms with Gasteiger partial charge in [0.15, 0.2) is 0 Å². The Kier molecular flexibility index (Phi) is 19.2. The van der Waals surface area contributed by atoms with Gasteiger partial charge in [0.05, 0.1) is 6.61 Å². The van der Waals surface area contributed by atoms with Crippen LogP contribution in [0.1, 0.15) is 26.7 Å². The van der Waals surface area contributed by atoms with Crippen LogP contribution in [0.5, 0.6) is 0 Å². The van der Waals surface area contributed by atoms with Gasteiger partial charge in [-0.15, -0.1) is 0 Å². The summed E-state index contributed by atoms with van der Waals surface area (Å²) in [4.78, 5) is 9.18. The highest BCUT2D eigenvalue weighted by atomic mass is 16.5. The third-order valence-electron chi connectivity index (χ3n) is 0.792. The molecule has 62 valence electrons. The molecule has 0 spiro atoms. The summed E-state index contributed by atoms with van der Waals surface area (Å²) in [6, 6.07) is 0. The molecule has 0 radical (unpaired) electrons. The average Bonchev–Trinajstić information content (AvgIpc) is 1.93. The standard InChI is InChI=1S/C4H11N.C3H6O2/c1-2-3-4-5;1-2-5-3-4/h2-5H2,1H3;3H,2H2,1H3. The van der Waals surface area contributed by atoms with Gasteiger partial charge in [-0.2, -0.15) is 0 Å². The largest absolute Gasteiger partial charge is 0.468 e. The molecule has 0 aliphatic rings. The number of carbonyl (C=O) groups is 1. The second kappa shape index (κ2) is 15.8. The Balaban J connectivity index is 0. The van der Waals surface area contributed by atoms with Gasteiger partial charge in [-0.05, 0) is 19.9 Å². The molecule has 3 heteroatoms.